The van der Waals surface area contributed by atoms with E-state index in [0.29, 0.717) is 18.4 Å². The van der Waals surface area contributed by atoms with E-state index in [-0.39, 0.29) is 11.5 Å². The highest BCUT2D eigenvalue weighted by molar-refractivity contribution is 6.06. The van der Waals surface area contributed by atoms with Crippen LogP contribution in [0.25, 0.3) is 0 Å². The third-order valence-electron chi connectivity index (χ3n) is 3.03. The number of ketones is 1. The first-order valence-corrected chi connectivity index (χ1v) is 6.06. The number of hydrogen-bond donors (Lipinski definition) is 1. The number of benzene rings is 1. The summed E-state index contributed by atoms with van der Waals surface area (Å²) < 4.78 is 0. The zero-order valence-corrected chi connectivity index (χ0v) is 10.4. The van der Waals surface area contributed by atoms with Gasteiger partial charge in [0.25, 0.3) is 0 Å². The van der Waals surface area contributed by atoms with Crippen LogP contribution in [-0.2, 0) is 12.8 Å². The Hall–Kier alpha value is -2.09. The Kier molecular flexibility index (Phi) is 3.78. The first kappa shape index (κ1) is 12.4. The third-order valence-corrected chi connectivity index (χ3v) is 3.03. The molecular formula is C16H16O2. The Morgan fingerprint density at radius 3 is 2.61 bits per heavy atom. The van der Waals surface area contributed by atoms with Gasteiger partial charge in [0.05, 0.1) is 0 Å². The van der Waals surface area contributed by atoms with Crippen LogP contribution in [0.15, 0.2) is 48.6 Å². The van der Waals surface area contributed by atoms with Gasteiger partial charge >= 0.3 is 0 Å². The zero-order valence-electron chi connectivity index (χ0n) is 10.4. The lowest BCUT2D eigenvalue weighted by atomic mass is 9.90. The molecule has 0 aliphatic heterocycles. The Morgan fingerprint density at radius 2 is 1.89 bits per heavy atom. The molecule has 1 aromatic carbocycles. The van der Waals surface area contributed by atoms with E-state index in [9.17, 15) is 9.90 Å². The fourth-order valence-electron chi connectivity index (χ4n) is 2.12. The summed E-state index contributed by atoms with van der Waals surface area (Å²) in [5.74, 6) is 0.267. The number of aromatic hydroxyl groups is 1. The molecule has 0 heterocycles. The molecule has 0 saturated heterocycles. The molecule has 0 aromatic heterocycles. The molecule has 92 valence electrons. The molecule has 0 bridgehead atoms. The second-order valence-electron chi connectivity index (χ2n) is 4.22. The van der Waals surface area contributed by atoms with Crippen LogP contribution in [-0.4, -0.2) is 10.9 Å². The standard InChI is InChI=1S/C16H16O2/c1-2-3-4-9-15(17)14-10-11-16(18)13-8-6-5-7-12(13)14/h2-6,9-11,18H,7-8H2,1H3/b3-2+,9-4+. The monoisotopic (exact) mass is 240 g/mol. The van der Waals surface area contributed by atoms with Gasteiger partial charge in [0.1, 0.15) is 5.75 Å². The quantitative estimate of drug-likeness (QED) is 0.381. The van der Waals surface area contributed by atoms with Crippen LogP contribution in [0.3, 0.4) is 0 Å². The lowest BCUT2D eigenvalue weighted by Crippen LogP contribution is -2.07. The maximum atomic E-state index is 12.1. The largest absolute Gasteiger partial charge is 0.508 e. The van der Waals surface area contributed by atoms with Crippen LogP contribution in [0.1, 0.15) is 28.4 Å². The van der Waals surface area contributed by atoms with Gasteiger partial charge in [-0.15, -0.1) is 0 Å². The highest BCUT2D eigenvalue weighted by Gasteiger charge is 2.16. The molecule has 0 saturated carbocycles. The Bertz CT molecular complexity index is 548. The highest BCUT2D eigenvalue weighted by Crippen LogP contribution is 2.29. The number of fused-ring (bicyclic) bond motifs is 1. The summed E-state index contributed by atoms with van der Waals surface area (Å²) in [6, 6.07) is 3.31. The van der Waals surface area contributed by atoms with E-state index in [1.54, 1.807) is 24.3 Å². The van der Waals surface area contributed by atoms with Gasteiger partial charge in [-0.05, 0) is 43.5 Å². The molecule has 0 radical (unpaired) electrons. The summed E-state index contributed by atoms with van der Waals surface area (Å²) in [7, 11) is 0. The van der Waals surface area contributed by atoms with E-state index in [0.717, 1.165) is 11.1 Å². The van der Waals surface area contributed by atoms with Crippen LogP contribution in [0.2, 0.25) is 0 Å². The van der Waals surface area contributed by atoms with E-state index in [1.165, 1.54) is 0 Å². The van der Waals surface area contributed by atoms with E-state index in [4.69, 9.17) is 0 Å². The van der Waals surface area contributed by atoms with Gasteiger partial charge in [0.15, 0.2) is 5.78 Å². The number of phenols is 1. The van der Waals surface area contributed by atoms with Crippen molar-refractivity contribution in [2.24, 2.45) is 0 Å². The average Bonchev–Trinajstić information content (AvgIpc) is 2.39. The van der Waals surface area contributed by atoms with Crippen molar-refractivity contribution in [2.45, 2.75) is 19.8 Å². The minimum absolute atomic E-state index is 0.0142. The molecular weight excluding hydrogens is 224 g/mol. The average molecular weight is 240 g/mol. The summed E-state index contributed by atoms with van der Waals surface area (Å²) in [6.45, 7) is 1.90. The number of rotatable bonds is 3. The minimum atomic E-state index is -0.0142. The number of hydrogen-bond acceptors (Lipinski definition) is 2. The van der Waals surface area contributed by atoms with E-state index in [2.05, 4.69) is 0 Å². The number of phenolic OH excluding ortho intramolecular Hbond substituents is 1. The van der Waals surface area contributed by atoms with Crippen molar-refractivity contribution in [3.63, 3.8) is 0 Å². The summed E-state index contributed by atoms with van der Waals surface area (Å²) in [6.07, 6.45) is 12.5. The second kappa shape index (κ2) is 5.50. The van der Waals surface area contributed by atoms with Crippen LogP contribution in [0.5, 0.6) is 5.75 Å². The maximum Gasteiger partial charge on any atom is 0.186 e. The molecule has 0 spiro atoms. The number of carbonyl (C=O) groups is 1. The van der Waals surface area contributed by atoms with Crippen LogP contribution in [0.4, 0.5) is 0 Å². The van der Waals surface area contributed by atoms with Crippen molar-refractivity contribution in [3.05, 3.63) is 65.3 Å². The molecule has 0 atom stereocenters. The Labute approximate surface area is 107 Å². The van der Waals surface area contributed by atoms with Gasteiger partial charge in [-0.2, -0.15) is 0 Å². The fraction of sp³-hybridized carbons (Fsp3) is 0.188. The molecule has 2 nitrogen and oxygen atoms in total. The molecule has 0 amide bonds. The number of carbonyl (C=O) groups excluding carboxylic acids is 1. The lowest BCUT2D eigenvalue weighted by Gasteiger charge is -2.15. The van der Waals surface area contributed by atoms with Crippen LogP contribution in [0, 0.1) is 0 Å². The van der Waals surface area contributed by atoms with Crippen molar-refractivity contribution in [3.8, 4) is 5.75 Å². The van der Waals surface area contributed by atoms with E-state index < -0.39 is 0 Å². The minimum Gasteiger partial charge on any atom is -0.508 e. The van der Waals surface area contributed by atoms with Gasteiger partial charge in [0, 0.05) is 11.1 Å². The van der Waals surface area contributed by atoms with Gasteiger partial charge in [-0.1, -0.05) is 30.4 Å². The molecule has 18 heavy (non-hydrogen) atoms. The van der Waals surface area contributed by atoms with Crippen molar-refractivity contribution in [1.29, 1.82) is 0 Å². The van der Waals surface area contributed by atoms with Crippen LogP contribution >= 0.6 is 0 Å². The summed E-state index contributed by atoms with van der Waals surface area (Å²) >= 11 is 0. The molecule has 1 N–H and O–H groups in total. The third kappa shape index (κ3) is 2.43. The zero-order chi connectivity index (χ0) is 13.0. The van der Waals surface area contributed by atoms with Gasteiger partial charge in [0.2, 0.25) is 0 Å². The van der Waals surface area contributed by atoms with Crippen LogP contribution < -0.4 is 0 Å². The summed E-state index contributed by atoms with van der Waals surface area (Å²) in [5, 5.41) is 9.80. The highest BCUT2D eigenvalue weighted by atomic mass is 16.3. The summed E-state index contributed by atoms with van der Waals surface area (Å²) in [5.41, 5.74) is 2.52. The van der Waals surface area contributed by atoms with Gasteiger partial charge in [-0.3, -0.25) is 4.79 Å². The van der Waals surface area contributed by atoms with Crippen molar-refractivity contribution < 1.29 is 9.90 Å². The molecule has 2 heteroatoms. The molecule has 0 unspecified atom stereocenters. The normalized spacial score (nSPS) is 14.3. The fourth-order valence-corrected chi connectivity index (χ4v) is 2.12. The SMILES string of the molecule is C/C=C/C=C/C(=O)c1ccc(O)c2c1CC=CC2. The number of allylic oxidation sites excluding steroid dienone is 6. The second-order valence-corrected chi connectivity index (χ2v) is 4.22. The van der Waals surface area contributed by atoms with E-state index in [1.807, 2.05) is 31.2 Å². The molecule has 1 aliphatic carbocycles. The molecule has 1 aromatic rings. The molecule has 0 fully saturated rings. The van der Waals surface area contributed by atoms with E-state index >= 15 is 0 Å². The predicted molar refractivity (Wildman–Crippen MR) is 72.9 cm³/mol. The first-order valence-electron chi connectivity index (χ1n) is 6.06. The van der Waals surface area contributed by atoms with Crippen molar-refractivity contribution >= 4 is 5.78 Å². The van der Waals surface area contributed by atoms with Crippen molar-refractivity contribution in [2.75, 3.05) is 0 Å². The Balaban J connectivity index is 2.38. The smallest absolute Gasteiger partial charge is 0.186 e. The molecule has 2 rings (SSSR count). The van der Waals surface area contributed by atoms with Gasteiger partial charge < -0.3 is 5.11 Å². The first-order chi connectivity index (χ1) is 8.74. The lowest BCUT2D eigenvalue weighted by molar-refractivity contribution is 0.104. The topological polar surface area (TPSA) is 37.3 Å². The summed E-state index contributed by atoms with van der Waals surface area (Å²) in [4.78, 5) is 12.1. The maximum absolute atomic E-state index is 12.1. The predicted octanol–water partition coefficient (Wildman–Crippen LogP) is 3.36. The van der Waals surface area contributed by atoms with Gasteiger partial charge in [-0.25, -0.2) is 0 Å². The Morgan fingerprint density at radius 1 is 1.17 bits per heavy atom. The van der Waals surface area contributed by atoms with Crippen molar-refractivity contribution in [1.82, 2.24) is 0 Å². The molecule has 1 aliphatic rings.